The molecule has 3 heteroatoms. The molecule has 0 saturated carbocycles. The maximum absolute atomic E-state index is 10.1. The van der Waals surface area contributed by atoms with Gasteiger partial charge in [0.25, 0.3) is 0 Å². The minimum absolute atomic E-state index is 0.332. The monoisotopic (exact) mass is 207 g/mol. The largest absolute Gasteiger partial charge is 0.497 e. The SMILES string of the molecule is COc1ccc2c(c1)CCC(O)(CN)C2. The predicted molar refractivity (Wildman–Crippen MR) is 59.0 cm³/mol. The highest BCUT2D eigenvalue weighted by Crippen LogP contribution is 2.30. The van der Waals surface area contributed by atoms with E-state index in [9.17, 15) is 5.11 Å². The summed E-state index contributed by atoms with van der Waals surface area (Å²) in [5.74, 6) is 0.881. The third-order valence-corrected chi connectivity index (χ3v) is 3.17. The molecule has 0 amide bonds. The van der Waals surface area contributed by atoms with E-state index in [4.69, 9.17) is 10.5 Å². The molecule has 0 saturated heterocycles. The second-order valence-corrected chi connectivity index (χ2v) is 4.24. The first-order valence-electron chi connectivity index (χ1n) is 5.25. The van der Waals surface area contributed by atoms with Crippen molar-refractivity contribution < 1.29 is 9.84 Å². The molecule has 1 aliphatic rings. The molecule has 2 rings (SSSR count). The number of aryl methyl sites for hydroxylation is 1. The van der Waals surface area contributed by atoms with Crippen LogP contribution < -0.4 is 10.5 Å². The first-order valence-corrected chi connectivity index (χ1v) is 5.25. The molecule has 1 unspecified atom stereocenters. The fourth-order valence-electron chi connectivity index (χ4n) is 2.12. The zero-order valence-electron chi connectivity index (χ0n) is 8.99. The summed E-state index contributed by atoms with van der Waals surface area (Å²) in [5, 5.41) is 10.1. The van der Waals surface area contributed by atoms with E-state index in [1.807, 2.05) is 18.2 Å². The van der Waals surface area contributed by atoms with Gasteiger partial charge in [0.15, 0.2) is 0 Å². The van der Waals surface area contributed by atoms with Gasteiger partial charge in [-0.3, -0.25) is 0 Å². The molecule has 1 aliphatic carbocycles. The van der Waals surface area contributed by atoms with Crippen LogP contribution in [0.25, 0.3) is 0 Å². The molecular formula is C12H17NO2. The Morgan fingerprint density at radius 3 is 2.93 bits per heavy atom. The normalized spacial score (nSPS) is 24.7. The lowest BCUT2D eigenvalue weighted by atomic mass is 9.80. The number of methoxy groups -OCH3 is 1. The van der Waals surface area contributed by atoms with E-state index < -0.39 is 5.60 Å². The van der Waals surface area contributed by atoms with E-state index >= 15 is 0 Å². The minimum atomic E-state index is -0.707. The van der Waals surface area contributed by atoms with Gasteiger partial charge in [-0.25, -0.2) is 0 Å². The third-order valence-electron chi connectivity index (χ3n) is 3.17. The highest BCUT2D eigenvalue weighted by atomic mass is 16.5. The van der Waals surface area contributed by atoms with Crippen molar-refractivity contribution in [2.45, 2.75) is 24.9 Å². The molecule has 3 nitrogen and oxygen atoms in total. The number of fused-ring (bicyclic) bond motifs is 1. The van der Waals surface area contributed by atoms with Crippen LogP contribution >= 0.6 is 0 Å². The molecule has 82 valence electrons. The average molecular weight is 207 g/mol. The van der Waals surface area contributed by atoms with Crippen molar-refractivity contribution >= 4 is 0 Å². The van der Waals surface area contributed by atoms with Gasteiger partial charge in [0, 0.05) is 13.0 Å². The highest BCUT2D eigenvalue weighted by Gasteiger charge is 2.30. The molecule has 0 radical (unpaired) electrons. The Morgan fingerprint density at radius 1 is 1.47 bits per heavy atom. The second-order valence-electron chi connectivity index (χ2n) is 4.24. The smallest absolute Gasteiger partial charge is 0.119 e. The molecule has 3 N–H and O–H groups in total. The van der Waals surface area contributed by atoms with Crippen molar-refractivity contribution in [2.75, 3.05) is 13.7 Å². The number of benzene rings is 1. The van der Waals surface area contributed by atoms with Gasteiger partial charge in [-0.15, -0.1) is 0 Å². The highest BCUT2D eigenvalue weighted by molar-refractivity contribution is 5.38. The zero-order chi connectivity index (χ0) is 10.9. The Hall–Kier alpha value is -1.06. The third kappa shape index (κ3) is 1.98. The Labute approximate surface area is 89.9 Å². The van der Waals surface area contributed by atoms with E-state index in [0.29, 0.717) is 13.0 Å². The molecule has 1 atom stereocenters. The summed E-state index contributed by atoms with van der Waals surface area (Å²) in [6.07, 6.45) is 2.27. The standard InChI is InChI=1S/C12H17NO2/c1-15-11-3-2-10-7-12(14,8-13)5-4-9(10)6-11/h2-3,6,14H,4-5,7-8,13H2,1H3. The molecule has 0 fully saturated rings. The van der Waals surface area contributed by atoms with Crippen LogP contribution in [-0.2, 0) is 12.8 Å². The first kappa shape index (κ1) is 10.5. The molecule has 0 aromatic heterocycles. The molecule has 1 aromatic rings. The molecule has 15 heavy (non-hydrogen) atoms. The lowest BCUT2D eigenvalue weighted by molar-refractivity contribution is 0.0353. The quantitative estimate of drug-likeness (QED) is 0.756. The van der Waals surface area contributed by atoms with Crippen LogP contribution in [0.15, 0.2) is 18.2 Å². The van der Waals surface area contributed by atoms with Crippen molar-refractivity contribution in [2.24, 2.45) is 5.73 Å². The van der Waals surface area contributed by atoms with E-state index in [-0.39, 0.29) is 0 Å². The molecule has 1 aromatic carbocycles. The Balaban J connectivity index is 2.28. The maximum Gasteiger partial charge on any atom is 0.119 e. The summed E-state index contributed by atoms with van der Waals surface area (Å²) in [5.41, 5.74) is 7.33. The number of hydrogen-bond acceptors (Lipinski definition) is 3. The number of hydrogen-bond donors (Lipinski definition) is 2. The summed E-state index contributed by atoms with van der Waals surface area (Å²) in [6, 6.07) is 6.00. The van der Waals surface area contributed by atoms with Gasteiger partial charge in [-0.2, -0.15) is 0 Å². The van der Waals surface area contributed by atoms with Crippen molar-refractivity contribution in [1.29, 1.82) is 0 Å². The van der Waals surface area contributed by atoms with Gasteiger partial charge in [0.1, 0.15) is 5.75 Å². The molecule has 0 bridgehead atoms. The van der Waals surface area contributed by atoms with Crippen molar-refractivity contribution in [1.82, 2.24) is 0 Å². The molecule has 0 aliphatic heterocycles. The summed E-state index contributed by atoms with van der Waals surface area (Å²) in [6.45, 7) is 0.332. The van der Waals surface area contributed by atoms with Gasteiger partial charge in [-0.05, 0) is 36.1 Å². The lowest BCUT2D eigenvalue weighted by Crippen LogP contribution is -2.42. The van der Waals surface area contributed by atoms with Crippen LogP contribution in [0.2, 0.25) is 0 Å². The van der Waals surface area contributed by atoms with Gasteiger partial charge in [0.05, 0.1) is 12.7 Å². The number of nitrogens with two attached hydrogens (primary N) is 1. The van der Waals surface area contributed by atoms with Crippen LogP contribution in [0, 0.1) is 0 Å². The maximum atomic E-state index is 10.1. The topological polar surface area (TPSA) is 55.5 Å². The average Bonchev–Trinajstić information content (AvgIpc) is 2.28. The van der Waals surface area contributed by atoms with Crippen LogP contribution in [0.1, 0.15) is 17.5 Å². The van der Waals surface area contributed by atoms with Crippen LogP contribution in [-0.4, -0.2) is 24.4 Å². The Bertz CT molecular complexity index is 365. The van der Waals surface area contributed by atoms with E-state index in [1.54, 1.807) is 7.11 Å². The van der Waals surface area contributed by atoms with Gasteiger partial charge >= 0.3 is 0 Å². The van der Waals surface area contributed by atoms with Gasteiger partial charge in [0.2, 0.25) is 0 Å². The Morgan fingerprint density at radius 2 is 2.27 bits per heavy atom. The molecule has 0 heterocycles. The predicted octanol–water partition coefficient (Wildman–Crippen LogP) is 0.874. The molecule has 0 spiro atoms. The van der Waals surface area contributed by atoms with Crippen LogP contribution in [0.4, 0.5) is 0 Å². The van der Waals surface area contributed by atoms with Gasteiger partial charge in [-0.1, -0.05) is 6.07 Å². The van der Waals surface area contributed by atoms with E-state index in [1.165, 1.54) is 11.1 Å². The van der Waals surface area contributed by atoms with E-state index in [2.05, 4.69) is 0 Å². The molecular weight excluding hydrogens is 190 g/mol. The van der Waals surface area contributed by atoms with Gasteiger partial charge < -0.3 is 15.6 Å². The number of ether oxygens (including phenoxy) is 1. The number of aliphatic hydroxyl groups is 1. The summed E-state index contributed by atoms with van der Waals surface area (Å²) in [7, 11) is 1.67. The van der Waals surface area contributed by atoms with E-state index in [0.717, 1.165) is 18.6 Å². The van der Waals surface area contributed by atoms with Crippen LogP contribution in [0.3, 0.4) is 0 Å². The lowest BCUT2D eigenvalue weighted by Gasteiger charge is -2.32. The van der Waals surface area contributed by atoms with Crippen LogP contribution in [0.5, 0.6) is 5.75 Å². The fraction of sp³-hybridized carbons (Fsp3) is 0.500. The summed E-state index contributed by atoms with van der Waals surface area (Å²) >= 11 is 0. The fourth-order valence-corrected chi connectivity index (χ4v) is 2.12. The minimum Gasteiger partial charge on any atom is -0.497 e. The second kappa shape index (κ2) is 3.83. The first-order chi connectivity index (χ1) is 7.17. The summed E-state index contributed by atoms with van der Waals surface area (Å²) in [4.78, 5) is 0. The Kier molecular flexibility index (Phi) is 2.67. The van der Waals surface area contributed by atoms with Crippen molar-refractivity contribution in [3.8, 4) is 5.75 Å². The van der Waals surface area contributed by atoms with Crippen molar-refractivity contribution in [3.05, 3.63) is 29.3 Å². The summed E-state index contributed by atoms with van der Waals surface area (Å²) < 4.78 is 5.17. The zero-order valence-corrected chi connectivity index (χ0v) is 8.99. The number of rotatable bonds is 2. The van der Waals surface area contributed by atoms with Crippen molar-refractivity contribution in [3.63, 3.8) is 0 Å².